The molecule has 1 atom stereocenters. The lowest BCUT2D eigenvalue weighted by Gasteiger charge is -2.27. The maximum absolute atomic E-state index is 11.9. The average molecular weight is 264 g/mol. The summed E-state index contributed by atoms with van der Waals surface area (Å²) in [6.07, 6.45) is 2.33. The van der Waals surface area contributed by atoms with Crippen LogP contribution in [0.1, 0.15) is 34.1 Å². The number of rotatable bonds is 2. The minimum atomic E-state index is -0.386. The highest BCUT2D eigenvalue weighted by Gasteiger charge is 2.46. The molecule has 1 aliphatic heterocycles. The van der Waals surface area contributed by atoms with Crippen LogP contribution in [0.4, 0.5) is 10.6 Å². The Balaban J connectivity index is 1.96. The first-order valence-corrected chi connectivity index (χ1v) is 6.34. The number of nitrogens with zero attached hydrogens (tertiary/aromatic N) is 2. The van der Waals surface area contributed by atoms with Crippen molar-refractivity contribution in [1.29, 1.82) is 0 Å². The van der Waals surface area contributed by atoms with Crippen molar-refractivity contribution in [3.05, 3.63) is 18.3 Å². The van der Waals surface area contributed by atoms with Crippen LogP contribution in [0.2, 0.25) is 0 Å². The molecule has 1 unspecified atom stereocenters. The van der Waals surface area contributed by atoms with Crippen LogP contribution in [-0.2, 0) is 4.74 Å². The van der Waals surface area contributed by atoms with E-state index >= 15 is 0 Å². The smallest absolute Gasteiger partial charge is 0.320 e. The fourth-order valence-electron chi connectivity index (χ4n) is 2.47. The Hall–Kier alpha value is -1.69. The van der Waals surface area contributed by atoms with Crippen molar-refractivity contribution in [2.24, 2.45) is 0 Å². The molecule has 104 valence electrons. The van der Waals surface area contributed by atoms with Gasteiger partial charge in [0.1, 0.15) is 0 Å². The molecule has 1 aliphatic rings. The number of anilines is 1. The molecule has 0 radical (unpaired) electrons. The predicted octanol–water partition coefficient (Wildman–Crippen LogP) is 1.94. The lowest BCUT2D eigenvalue weighted by Crippen LogP contribution is -2.47. The van der Waals surface area contributed by atoms with E-state index in [2.05, 4.69) is 20.8 Å². The highest BCUT2D eigenvalue weighted by Crippen LogP contribution is 2.37. The second-order valence-electron chi connectivity index (χ2n) is 5.93. The van der Waals surface area contributed by atoms with Crippen LogP contribution in [-0.4, -0.2) is 33.5 Å². The van der Waals surface area contributed by atoms with Crippen LogP contribution in [0.15, 0.2) is 18.3 Å². The molecule has 1 saturated heterocycles. The Morgan fingerprint density at radius 2 is 2.16 bits per heavy atom. The maximum atomic E-state index is 11.9. The Labute approximate surface area is 112 Å². The zero-order valence-electron chi connectivity index (χ0n) is 11.7. The molecule has 2 heterocycles. The quantitative estimate of drug-likeness (QED) is 0.856. The van der Waals surface area contributed by atoms with Crippen LogP contribution in [0.25, 0.3) is 0 Å². The number of hydrogen-bond donors (Lipinski definition) is 2. The molecule has 0 aromatic carbocycles. The van der Waals surface area contributed by atoms with Gasteiger partial charge in [0, 0.05) is 6.20 Å². The van der Waals surface area contributed by atoms with E-state index in [1.165, 1.54) is 0 Å². The Morgan fingerprint density at radius 1 is 1.42 bits per heavy atom. The highest BCUT2D eigenvalue weighted by molar-refractivity contribution is 5.88. The molecule has 0 aliphatic carbocycles. The van der Waals surface area contributed by atoms with Crippen LogP contribution >= 0.6 is 0 Å². The maximum Gasteiger partial charge on any atom is 0.320 e. The van der Waals surface area contributed by atoms with Gasteiger partial charge < -0.3 is 10.1 Å². The van der Waals surface area contributed by atoms with Crippen molar-refractivity contribution < 1.29 is 9.53 Å². The molecule has 6 nitrogen and oxygen atoms in total. The number of ether oxygens (including phenoxy) is 1. The summed E-state index contributed by atoms with van der Waals surface area (Å²) in [5, 5.41) is 13.1. The molecule has 0 spiro atoms. The number of nitrogens with one attached hydrogen (secondary N) is 2. The van der Waals surface area contributed by atoms with Crippen molar-refractivity contribution in [2.75, 3.05) is 5.32 Å². The molecule has 6 heteroatoms. The normalized spacial score (nSPS) is 23.9. The van der Waals surface area contributed by atoms with Gasteiger partial charge in [0.2, 0.25) is 0 Å². The summed E-state index contributed by atoms with van der Waals surface area (Å²) in [4.78, 5) is 11.9. The molecule has 1 aromatic heterocycles. The van der Waals surface area contributed by atoms with Crippen LogP contribution in [0.3, 0.4) is 0 Å². The third-order valence-electron chi connectivity index (χ3n) is 3.19. The predicted molar refractivity (Wildman–Crippen MR) is 71.8 cm³/mol. The molecular weight excluding hydrogens is 244 g/mol. The standard InChI is InChI=1S/C13H20N4O2/c1-12(2)8-9(13(3,4)19-12)15-11(18)16-10-6-5-7-14-17-10/h5-7,9H,8H2,1-4H3,(H2,15,16,17,18). The Bertz CT molecular complexity index is 459. The molecule has 2 N–H and O–H groups in total. The van der Waals surface area contributed by atoms with E-state index in [0.717, 1.165) is 6.42 Å². The number of carbonyl (C=O) groups excluding carboxylic acids is 1. The molecule has 2 rings (SSSR count). The Morgan fingerprint density at radius 3 is 2.68 bits per heavy atom. The van der Waals surface area contributed by atoms with Gasteiger partial charge >= 0.3 is 6.03 Å². The summed E-state index contributed by atoms with van der Waals surface area (Å²) in [6.45, 7) is 8.01. The topological polar surface area (TPSA) is 76.1 Å². The van der Waals surface area contributed by atoms with Crippen molar-refractivity contribution >= 4 is 11.8 Å². The number of aromatic nitrogens is 2. The Kier molecular flexibility index (Phi) is 3.45. The summed E-state index contributed by atoms with van der Waals surface area (Å²) in [5.41, 5.74) is -0.614. The molecule has 19 heavy (non-hydrogen) atoms. The lowest BCUT2D eigenvalue weighted by molar-refractivity contribution is -0.0689. The first kappa shape index (κ1) is 13.7. The average Bonchev–Trinajstić information content (AvgIpc) is 2.47. The first-order valence-electron chi connectivity index (χ1n) is 6.34. The monoisotopic (exact) mass is 264 g/mol. The van der Waals surface area contributed by atoms with Gasteiger partial charge in [-0.2, -0.15) is 5.10 Å². The van der Waals surface area contributed by atoms with Gasteiger partial charge in [-0.3, -0.25) is 5.32 Å². The number of amides is 2. The van der Waals surface area contributed by atoms with E-state index in [0.29, 0.717) is 5.82 Å². The molecule has 2 amide bonds. The minimum Gasteiger partial charge on any atom is -0.367 e. The molecule has 0 saturated carbocycles. The van der Waals surface area contributed by atoms with Crippen molar-refractivity contribution in [3.63, 3.8) is 0 Å². The van der Waals surface area contributed by atoms with Crippen molar-refractivity contribution in [2.45, 2.75) is 51.4 Å². The summed E-state index contributed by atoms with van der Waals surface area (Å²) >= 11 is 0. The second-order valence-corrected chi connectivity index (χ2v) is 5.93. The number of carbonyl (C=O) groups is 1. The van der Waals surface area contributed by atoms with Gasteiger partial charge in [0.15, 0.2) is 5.82 Å². The fourth-order valence-corrected chi connectivity index (χ4v) is 2.47. The van der Waals surface area contributed by atoms with Gasteiger partial charge in [0.05, 0.1) is 17.2 Å². The third-order valence-corrected chi connectivity index (χ3v) is 3.19. The van der Waals surface area contributed by atoms with E-state index < -0.39 is 0 Å². The van der Waals surface area contributed by atoms with Gasteiger partial charge in [-0.15, -0.1) is 5.10 Å². The van der Waals surface area contributed by atoms with Gasteiger partial charge in [-0.25, -0.2) is 4.79 Å². The van der Waals surface area contributed by atoms with Crippen molar-refractivity contribution in [1.82, 2.24) is 15.5 Å². The largest absolute Gasteiger partial charge is 0.367 e. The first-order chi connectivity index (χ1) is 8.78. The van der Waals surface area contributed by atoms with Crippen LogP contribution in [0.5, 0.6) is 0 Å². The third kappa shape index (κ3) is 3.41. The van der Waals surface area contributed by atoms with E-state index in [-0.39, 0.29) is 23.3 Å². The van der Waals surface area contributed by atoms with Gasteiger partial charge in [-0.05, 0) is 46.2 Å². The van der Waals surface area contributed by atoms with E-state index in [4.69, 9.17) is 4.74 Å². The van der Waals surface area contributed by atoms with Crippen LogP contribution < -0.4 is 10.6 Å². The molecule has 1 fully saturated rings. The second kappa shape index (κ2) is 4.77. The van der Waals surface area contributed by atoms with Crippen molar-refractivity contribution in [3.8, 4) is 0 Å². The van der Waals surface area contributed by atoms with Gasteiger partial charge in [0.25, 0.3) is 0 Å². The number of urea groups is 1. The summed E-state index contributed by atoms with van der Waals surface area (Å²) in [5.74, 6) is 0.427. The minimum absolute atomic E-state index is 0.0424. The highest BCUT2D eigenvalue weighted by atomic mass is 16.5. The van der Waals surface area contributed by atoms with E-state index in [9.17, 15) is 4.79 Å². The summed E-state index contributed by atoms with van der Waals surface area (Å²) < 4.78 is 5.93. The molecular formula is C13H20N4O2. The number of hydrogen-bond acceptors (Lipinski definition) is 4. The fraction of sp³-hybridized carbons (Fsp3) is 0.615. The van der Waals surface area contributed by atoms with E-state index in [1.807, 2.05) is 27.7 Å². The van der Waals surface area contributed by atoms with Gasteiger partial charge in [-0.1, -0.05) is 0 Å². The van der Waals surface area contributed by atoms with Crippen LogP contribution in [0, 0.1) is 0 Å². The molecule has 0 bridgehead atoms. The zero-order chi connectivity index (χ0) is 14.1. The zero-order valence-corrected chi connectivity index (χ0v) is 11.7. The summed E-state index contributed by atoms with van der Waals surface area (Å²) in [7, 11) is 0. The molecule has 1 aromatic rings. The van der Waals surface area contributed by atoms with E-state index in [1.54, 1.807) is 18.3 Å². The summed E-state index contributed by atoms with van der Waals surface area (Å²) in [6, 6.07) is 3.07. The SMILES string of the molecule is CC1(C)CC(NC(=O)Nc2cccnn2)C(C)(C)O1. The lowest BCUT2D eigenvalue weighted by atomic mass is 9.95.